The van der Waals surface area contributed by atoms with Crippen LogP contribution in [0.4, 0.5) is 5.69 Å². The second-order valence-electron chi connectivity index (χ2n) is 4.36. The minimum Gasteiger partial charge on any atom is -0.466 e. The lowest BCUT2D eigenvalue weighted by molar-refractivity contribution is -0.143. The third-order valence-corrected chi connectivity index (χ3v) is 2.83. The van der Waals surface area contributed by atoms with Crippen molar-refractivity contribution in [3.05, 3.63) is 29.8 Å². The van der Waals surface area contributed by atoms with E-state index < -0.39 is 0 Å². The lowest BCUT2D eigenvalue weighted by Crippen LogP contribution is -2.30. The van der Waals surface area contributed by atoms with Gasteiger partial charge in [-0.3, -0.25) is 9.59 Å². The first-order valence-corrected chi connectivity index (χ1v) is 6.84. The van der Waals surface area contributed by atoms with Gasteiger partial charge in [0.2, 0.25) is 0 Å². The van der Waals surface area contributed by atoms with E-state index in [0.717, 1.165) is 12.2 Å². The standard InChI is InChI=1S/C15H22N2O3/c1-4-16-13-9-7-6-8-12(13)15(19)17(3)11-10-14(18)20-5-2/h6-9,16H,4-5,10-11H2,1-3H3. The molecule has 0 heterocycles. The molecule has 1 N–H and O–H groups in total. The smallest absolute Gasteiger partial charge is 0.307 e. The Kier molecular flexibility index (Phi) is 6.56. The molecule has 0 bridgehead atoms. The van der Waals surface area contributed by atoms with Crippen LogP contribution in [0.25, 0.3) is 0 Å². The summed E-state index contributed by atoms with van der Waals surface area (Å²) in [5, 5.41) is 3.16. The molecule has 1 rings (SSSR count). The number of rotatable bonds is 7. The van der Waals surface area contributed by atoms with Crippen molar-refractivity contribution in [1.82, 2.24) is 4.90 Å². The fourth-order valence-corrected chi connectivity index (χ4v) is 1.81. The van der Waals surface area contributed by atoms with Crippen molar-refractivity contribution in [3.8, 4) is 0 Å². The maximum atomic E-state index is 12.3. The van der Waals surface area contributed by atoms with Crippen LogP contribution in [-0.4, -0.2) is 43.5 Å². The van der Waals surface area contributed by atoms with Crippen LogP contribution in [0.5, 0.6) is 0 Å². The summed E-state index contributed by atoms with van der Waals surface area (Å²) in [6, 6.07) is 7.36. The maximum Gasteiger partial charge on any atom is 0.307 e. The number of hydrogen-bond acceptors (Lipinski definition) is 4. The lowest BCUT2D eigenvalue weighted by Gasteiger charge is -2.19. The summed E-state index contributed by atoms with van der Waals surface area (Å²) in [5.74, 6) is -0.391. The maximum absolute atomic E-state index is 12.3. The van der Waals surface area contributed by atoms with Gasteiger partial charge in [0.25, 0.3) is 5.91 Å². The first kappa shape index (κ1) is 16.0. The minimum absolute atomic E-state index is 0.106. The molecule has 0 saturated carbocycles. The van der Waals surface area contributed by atoms with E-state index in [2.05, 4.69) is 5.32 Å². The monoisotopic (exact) mass is 278 g/mol. The highest BCUT2D eigenvalue weighted by Gasteiger charge is 2.16. The Hall–Kier alpha value is -2.04. The normalized spacial score (nSPS) is 9.95. The van der Waals surface area contributed by atoms with E-state index in [1.165, 1.54) is 4.90 Å². The Morgan fingerprint density at radius 1 is 1.25 bits per heavy atom. The Morgan fingerprint density at radius 2 is 1.95 bits per heavy atom. The van der Waals surface area contributed by atoms with Crippen LogP contribution in [-0.2, 0) is 9.53 Å². The van der Waals surface area contributed by atoms with E-state index in [9.17, 15) is 9.59 Å². The third-order valence-electron chi connectivity index (χ3n) is 2.83. The zero-order valence-corrected chi connectivity index (χ0v) is 12.3. The topological polar surface area (TPSA) is 58.6 Å². The zero-order valence-electron chi connectivity index (χ0n) is 12.3. The first-order valence-electron chi connectivity index (χ1n) is 6.84. The third kappa shape index (κ3) is 4.57. The number of nitrogens with one attached hydrogen (secondary N) is 1. The van der Waals surface area contributed by atoms with Crippen LogP contribution >= 0.6 is 0 Å². The second-order valence-corrected chi connectivity index (χ2v) is 4.36. The number of anilines is 1. The molecule has 20 heavy (non-hydrogen) atoms. The Balaban J connectivity index is 2.67. The number of para-hydroxylation sites is 1. The van der Waals surface area contributed by atoms with Crippen LogP contribution in [0.2, 0.25) is 0 Å². The molecule has 0 spiro atoms. The highest BCUT2D eigenvalue weighted by Crippen LogP contribution is 2.16. The molecule has 0 aromatic heterocycles. The molecule has 5 nitrogen and oxygen atoms in total. The molecule has 0 unspecified atom stereocenters. The fraction of sp³-hybridized carbons (Fsp3) is 0.467. The van der Waals surface area contributed by atoms with Crippen molar-refractivity contribution in [2.75, 3.05) is 32.1 Å². The van der Waals surface area contributed by atoms with E-state index in [1.807, 2.05) is 25.1 Å². The molecule has 0 aliphatic rings. The predicted octanol–water partition coefficient (Wildman–Crippen LogP) is 2.14. The van der Waals surface area contributed by atoms with Crippen LogP contribution in [0.3, 0.4) is 0 Å². The van der Waals surface area contributed by atoms with Crippen molar-refractivity contribution in [2.24, 2.45) is 0 Å². The van der Waals surface area contributed by atoms with Gasteiger partial charge in [0, 0.05) is 25.8 Å². The number of hydrogen-bond donors (Lipinski definition) is 1. The quantitative estimate of drug-likeness (QED) is 0.776. The Bertz CT molecular complexity index is 460. The van der Waals surface area contributed by atoms with E-state index in [0.29, 0.717) is 18.7 Å². The van der Waals surface area contributed by atoms with Gasteiger partial charge in [-0.2, -0.15) is 0 Å². The summed E-state index contributed by atoms with van der Waals surface area (Å²) >= 11 is 0. The second kappa shape index (κ2) is 8.19. The van der Waals surface area contributed by atoms with Crippen LogP contribution < -0.4 is 5.32 Å². The number of esters is 1. The van der Waals surface area contributed by atoms with Crippen LogP contribution in [0.15, 0.2) is 24.3 Å². The largest absolute Gasteiger partial charge is 0.466 e. The van der Waals surface area contributed by atoms with Gasteiger partial charge in [0.1, 0.15) is 0 Å². The summed E-state index contributed by atoms with van der Waals surface area (Å²) in [5.41, 5.74) is 1.42. The molecule has 1 amide bonds. The Labute approximate surface area is 119 Å². The van der Waals surface area contributed by atoms with Gasteiger partial charge in [-0.15, -0.1) is 0 Å². The van der Waals surface area contributed by atoms with E-state index in [4.69, 9.17) is 4.74 Å². The number of nitrogens with zero attached hydrogens (tertiary/aromatic N) is 1. The van der Waals surface area contributed by atoms with Crippen molar-refractivity contribution in [3.63, 3.8) is 0 Å². The van der Waals surface area contributed by atoms with E-state index in [1.54, 1.807) is 20.0 Å². The Morgan fingerprint density at radius 3 is 2.60 bits per heavy atom. The highest BCUT2D eigenvalue weighted by molar-refractivity contribution is 5.99. The molecule has 5 heteroatoms. The average Bonchev–Trinajstić information content (AvgIpc) is 2.45. The van der Waals surface area contributed by atoms with Crippen LogP contribution in [0, 0.1) is 0 Å². The molecule has 0 aliphatic heterocycles. The molecule has 1 aromatic rings. The number of carbonyl (C=O) groups excluding carboxylic acids is 2. The number of carbonyl (C=O) groups is 2. The number of amides is 1. The molecular weight excluding hydrogens is 256 g/mol. The average molecular weight is 278 g/mol. The zero-order chi connectivity index (χ0) is 15.0. The van der Waals surface area contributed by atoms with Crippen molar-refractivity contribution in [1.29, 1.82) is 0 Å². The summed E-state index contributed by atoms with van der Waals surface area (Å²) in [7, 11) is 1.68. The van der Waals surface area contributed by atoms with Crippen molar-refractivity contribution < 1.29 is 14.3 Å². The molecule has 0 fully saturated rings. The van der Waals surface area contributed by atoms with Gasteiger partial charge in [-0.05, 0) is 26.0 Å². The van der Waals surface area contributed by atoms with Gasteiger partial charge in [0.05, 0.1) is 18.6 Å². The summed E-state index contributed by atoms with van der Waals surface area (Å²) < 4.78 is 4.85. The number of ether oxygens (including phenoxy) is 1. The molecule has 110 valence electrons. The molecule has 0 atom stereocenters. The molecule has 1 aromatic carbocycles. The van der Waals surface area contributed by atoms with Gasteiger partial charge in [-0.1, -0.05) is 12.1 Å². The predicted molar refractivity (Wildman–Crippen MR) is 78.8 cm³/mol. The first-order chi connectivity index (χ1) is 9.60. The minimum atomic E-state index is -0.285. The summed E-state index contributed by atoms with van der Waals surface area (Å²) in [6.45, 7) is 5.19. The molecule has 0 aliphatic carbocycles. The fourth-order valence-electron chi connectivity index (χ4n) is 1.81. The molecule has 0 saturated heterocycles. The summed E-state index contributed by atoms with van der Waals surface area (Å²) in [6.07, 6.45) is 0.208. The van der Waals surface area contributed by atoms with Gasteiger partial charge in [0.15, 0.2) is 0 Å². The number of benzene rings is 1. The van der Waals surface area contributed by atoms with Gasteiger partial charge < -0.3 is 15.0 Å². The van der Waals surface area contributed by atoms with Crippen molar-refractivity contribution in [2.45, 2.75) is 20.3 Å². The van der Waals surface area contributed by atoms with Crippen molar-refractivity contribution >= 4 is 17.6 Å². The van der Waals surface area contributed by atoms with Crippen LogP contribution in [0.1, 0.15) is 30.6 Å². The lowest BCUT2D eigenvalue weighted by atomic mass is 10.1. The molecule has 0 radical (unpaired) electrons. The highest BCUT2D eigenvalue weighted by atomic mass is 16.5. The SMILES string of the molecule is CCNc1ccccc1C(=O)N(C)CCC(=O)OCC. The van der Waals surface area contributed by atoms with E-state index >= 15 is 0 Å². The molecular formula is C15H22N2O3. The summed E-state index contributed by atoms with van der Waals surface area (Å²) in [4.78, 5) is 25.2. The van der Waals surface area contributed by atoms with Gasteiger partial charge >= 0.3 is 5.97 Å². The van der Waals surface area contributed by atoms with Gasteiger partial charge in [-0.25, -0.2) is 0 Å². The van der Waals surface area contributed by atoms with E-state index in [-0.39, 0.29) is 18.3 Å².